The highest BCUT2D eigenvalue weighted by Gasteiger charge is 2.16. The van der Waals surface area contributed by atoms with E-state index in [1.54, 1.807) is 31.5 Å². The van der Waals surface area contributed by atoms with Crippen LogP contribution >= 0.6 is 0 Å². The fourth-order valence-electron chi connectivity index (χ4n) is 2.79. The Balaban J connectivity index is 2.18. The predicted molar refractivity (Wildman–Crippen MR) is 99.2 cm³/mol. The van der Waals surface area contributed by atoms with Crippen LogP contribution in [0.15, 0.2) is 53.5 Å². The summed E-state index contributed by atoms with van der Waals surface area (Å²) >= 11 is 0. The second-order valence-corrected chi connectivity index (χ2v) is 5.57. The van der Waals surface area contributed by atoms with E-state index < -0.39 is 0 Å². The zero-order chi connectivity index (χ0) is 17.4. The van der Waals surface area contributed by atoms with Crippen molar-refractivity contribution in [3.05, 3.63) is 59.7 Å². The number of phenolic OH excluding ortho intramolecular Hbond substituents is 1. The summed E-state index contributed by atoms with van der Waals surface area (Å²) < 4.78 is 5.20. The van der Waals surface area contributed by atoms with Crippen molar-refractivity contribution in [3.8, 4) is 11.5 Å². The number of phenols is 1. The molecule has 0 bridgehead atoms. The van der Waals surface area contributed by atoms with Crippen LogP contribution in [-0.4, -0.2) is 43.0 Å². The van der Waals surface area contributed by atoms with Gasteiger partial charge in [-0.05, 0) is 36.9 Å². The van der Waals surface area contributed by atoms with Gasteiger partial charge in [-0.2, -0.15) is 0 Å². The standard InChI is InChI=1S/C20H26N2O2/c1-4-22(5-2)19(16-9-7-6-8-10-16)15-21-14-17-13-18(24-3)11-12-20(17)23/h6-14,19,23H,4-5,15H2,1-3H3/t19-/m1/s1. The molecule has 128 valence electrons. The van der Waals surface area contributed by atoms with Crippen LogP contribution in [0.25, 0.3) is 0 Å². The molecule has 1 atom stereocenters. The molecule has 0 spiro atoms. The molecule has 4 nitrogen and oxygen atoms in total. The zero-order valence-electron chi connectivity index (χ0n) is 14.6. The number of ether oxygens (including phenoxy) is 1. The molecule has 0 radical (unpaired) electrons. The Bertz CT molecular complexity index is 652. The number of rotatable bonds is 8. The van der Waals surface area contributed by atoms with Crippen LogP contribution in [0, 0.1) is 0 Å². The summed E-state index contributed by atoms with van der Waals surface area (Å²) in [6, 6.07) is 15.8. The van der Waals surface area contributed by atoms with Gasteiger partial charge in [0.25, 0.3) is 0 Å². The second-order valence-electron chi connectivity index (χ2n) is 5.57. The number of nitrogens with zero attached hydrogens (tertiary/aromatic N) is 2. The molecule has 24 heavy (non-hydrogen) atoms. The molecule has 0 heterocycles. The lowest BCUT2D eigenvalue weighted by Gasteiger charge is -2.28. The molecule has 2 aromatic rings. The first kappa shape index (κ1) is 18.0. The van der Waals surface area contributed by atoms with Gasteiger partial charge in [0.05, 0.1) is 19.7 Å². The summed E-state index contributed by atoms with van der Waals surface area (Å²) in [7, 11) is 1.61. The predicted octanol–water partition coefficient (Wildman–Crippen LogP) is 3.90. The minimum absolute atomic E-state index is 0.207. The first-order valence-electron chi connectivity index (χ1n) is 8.35. The van der Waals surface area contributed by atoms with Crippen LogP contribution in [0.5, 0.6) is 11.5 Å². The van der Waals surface area contributed by atoms with E-state index in [2.05, 4.69) is 48.0 Å². The van der Waals surface area contributed by atoms with Crippen LogP contribution in [0.3, 0.4) is 0 Å². The smallest absolute Gasteiger partial charge is 0.124 e. The van der Waals surface area contributed by atoms with Crippen molar-refractivity contribution in [2.24, 2.45) is 4.99 Å². The summed E-state index contributed by atoms with van der Waals surface area (Å²) in [6.07, 6.45) is 1.72. The van der Waals surface area contributed by atoms with E-state index in [1.165, 1.54) is 5.56 Å². The Morgan fingerprint density at radius 2 is 1.83 bits per heavy atom. The molecule has 0 saturated heterocycles. The molecular weight excluding hydrogens is 300 g/mol. The van der Waals surface area contributed by atoms with E-state index in [1.807, 2.05) is 6.07 Å². The van der Waals surface area contributed by atoms with E-state index in [0.29, 0.717) is 17.9 Å². The van der Waals surface area contributed by atoms with Gasteiger partial charge in [0.1, 0.15) is 11.5 Å². The van der Waals surface area contributed by atoms with E-state index >= 15 is 0 Å². The van der Waals surface area contributed by atoms with Crippen molar-refractivity contribution in [3.63, 3.8) is 0 Å². The normalized spacial score (nSPS) is 12.7. The average Bonchev–Trinajstić information content (AvgIpc) is 2.63. The molecule has 0 aromatic heterocycles. The number of likely N-dealkylation sites (N-methyl/N-ethyl adjacent to an activating group) is 1. The lowest BCUT2D eigenvalue weighted by Crippen LogP contribution is -2.30. The third kappa shape index (κ3) is 4.59. The number of hydrogen-bond donors (Lipinski definition) is 1. The van der Waals surface area contributed by atoms with Crippen LogP contribution < -0.4 is 4.74 Å². The summed E-state index contributed by atoms with van der Waals surface area (Å²) in [6.45, 7) is 6.91. The second kappa shape index (κ2) is 9.08. The lowest BCUT2D eigenvalue weighted by atomic mass is 10.1. The molecule has 2 aromatic carbocycles. The largest absolute Gasteiger partial charge is 0.507 e. The van der Waals surface area contributed by atoms with Gasteiger partial charge in [-0.3, -0.25) is 9.89 Å². The van der Waals surface area contributed by atoms with Crippen LogP contribution in [-0.2, 0) is 0 Å². The van der Waals surface area contributed by atoms with E-state index in [4.69, 9.17) is 4.74 Å². The molecule has 0 saturated carbocycles. The Morgan fingerprint density at radius 3 is 2.46 bits per heavy atom. The van der Waals surface area contributed by atoms with Crippen molar-refractivity contribution >= 4 is 6.21 Å². The maximum atomic E-state index is 9.96. The first-order valence-corrected chi connectivity index (χ1v) is 8.35. The Morgan fingerprint density at radius 1 is 1.12 bits per heavy atom. The molecular formula is C20H26N2O2. The maximum Gasteiger partial charge on any atom is 0.124 e. The average molecular weight is 326 g/mol. The number of methoxy groups -OCH3 is 1. The minimum Gasteiger partial charge on any atom is -0.507 e. The Labute approximate surface area is 144 Å². The van der Waals surface area contributed by atoms with Gasteiger partial charge in [0, 0.05) is 11.8 Å². The highest BCUT2D eigenvalue weighted by atomic mass is 16.5. The van der Waals surface area contributed by atoms with Crippen molar-refractivity contribution in [1.82, 2.24) is 4.90 Å². The Hall–Kier alpha value is -2.33. The number of hydrogen-bond acceptors (Lipinski definition) is 4. The first-order chi connectivity index (χ1) is 11.7. The van der Waals surface area contributed by atoms with Gasteiger partial charge < -0.3 is 9.84 Å². The fourth-order valence-corrected chi connectivity index (χ4v) is 2.79. The van der Waals surface area contributed by atoms with Crippen molar-refractivity contribution in [1.29, 1.82) is 0 Å². The number of benzene rings is 2. The highest BCUT2D eigenvalue weighted by Crippen LogP contribution is 2.23. The highest BCUT2D eigenvalue weighted by molar-refractivity contribution is 5.84. The van der Waals surface area contributed by atoms with Crippen molar-refractivity contribution in [2.75, 3.05) is 26.7 Å². The topological polar surface area (TPSA) is 45.1 Å². The lowest BCUT2D eigenvalue weighted by molar-refractivity contribution is 0.224. The quantitative estimate of drug-likeness (QED) is 0.748. The van der Waals surface area contributed by atoms with Crippen molar-refractivity contribution < 1.29 is 9.84 Å². The summed E-state index contributed by atoms with van der Waals surface area (Å²) in [4.78, 5) is 6.98. The molecule has 2 rings (SSSR count). The van der Waals surface area contributed by atoms with Crippen LogP contribution in [0.1, 0.15) is 31.0 Å². The maximum absolute atomic E-state index is 9.96. The van der Waals surface area contributed by atoms with Gasteiger partial charge >= 0.3 is 0 Å². The van der Waals surface area contributed by atoms with Gasteiger partial charge in [-0.15, -0.1) is 0 Å². The van der Waals surface area contributed by atoms with Gasteiger partial charge in [-0.1, -0.05) is 44.2 Å². The molecule has 4 heteroatoms. The summed E-state index contributed by atoms with van der Waals surface area (Å²) in [5.74, 6) is 0.913. The third-order valence-corrected chi connectivity index (χ3v) is 4.18. The van der Waals surface area contributed by atoms with Gasteiger partial charge in [0.2, 0.25) is 0 Å². The zero-order valence-corrected chi connectivity index (χ0v) is 14.6. The minimum atomic E-state index is 0.207. The number of aromatic hydroxyl groups is 1. The molecule has 0 aliphatic rings. The summed E-state index contributed by atoms with van der Waals surface area (Å²) in [5.41, 5.74) is 1.92. The molecule has 0 aliphatic heterocycles. The fraction of sp³-hybridized carbons (Fsp3) is 0.350. The van der Waals surface area contributed by atoms with Gasteiger partial charge in [0.15, 0.2) is 0 Å². The third-order valence-electron chi connectivity index (χ3n) is 4.18. The molecule has 0 amide bonds. The Kier molecular flexibility index (Phi) is 6.82. The van der Waals surface area contributed by atoms with Gasteiger partial charge in [-0.25, -0.2) is 0 Å². The summed E-state index contributed by atoms with van der Waals surface area (Å²) in [5, 5.41) is 9.96. The SMILES string of the molecule is CCN(CC)[C@H](CN=Cc1cc(OC)ccc1O)c1ccccc1. The van der Waals surface area contributed by atoms with E-state index in [0.717, 1.165) is 13.1 Å². The molecule has 0 unspecified atom stereocenters. The van der Waals surface area contributed by atoms with Crippen molar-refractivity contribution in [2.45, 2.75) is 19.9 Å². The molecule has 0 fully saturated rings. The van der Waals surface area contributed by atoms with E-state index in [9.17, 15) is 5.11 Å². The van der Waals surface area contributed by atoms with E-state index in [-0.39, 0.29) is 11.8 Å². The molecule has 0 aliphatic carbocycles. The number of aliphatic imine (C=N–C) groups is 1. The monoisotopic (exact) mass is 326 g/mol. The molecule has 1 N–H and O–H groups in total. The van der Waals surface area contributed by atoms with Crippen LogP contribution in [0.2, 0.25) is 0 Å². The van der Waals surface area contributed by atoms with Crippen LogP contribution in [0.4, 0.5) is 0 Å².